The van der Waals surface area contributed by atoms with E-state index in [0.717, 1.165) is 43.3 Å². The third-order valence-electron chi connectivity index (χ3n) is 5.62. The minimum absolute atomic E-state index is 0.0476. The van der Waals surface area contributed by atoms with Crippen LogP contribution in [0.25, 0.3) is 0 Å². The molecule has 1 N–H and O–H groups in total. The molecule has 2 heterocycles. The average molecular weight is 421 g/mol. The number of nitrogens with one attached hydrogen (secondary N) is 1. The highest BCUT2D eigenvalue weighted by Crippen LogP contribution is 2.23. The molecule has 4 rings (SSSR count). The summed E-state index contributed by atoms with van der Waals surface area (Å²) in [6.07, 6.45) is 1.79. The van der Waals surface area contributed by atoms with Crippen LogP contribution in [0.5, 0.6) is 0 Å². The van der Waals surface area contributed by atoms with Crippen LogP contribution < -0.4 is 5.32 Å². The molecule has 1 unspecified atom stereocenters. The SMILES string of the molecule is Cc1ccccc1CN1CCN(CC(=O)NC(c2ccccc2)c2nccs2)CC1. The van der Waals surface area contributed by atoms with Gasteiger partial charge in [0.1, 0.15) is 11.0 Å². The molecule has 1 aromatic heterocycles. The number of aryl methyl sites for hydroxylation is 1. The Morgan fingerprint density at radius 1 is 1.03 bits per heavy atom. The first-order valence-corrected chi connectivity index (χ1v) is 11.3. The van der Waals surface area contributed by atoms with E-state index in [-0.39, 0.29) is 11.9 Å². The Morgan fingerprint density at radius 2 is 1.73 bits per heavy atom. The first kappa shape index (κ1) is 20.7. The zero-order valence-corrected chi connectivity index (χ0v) is 18.1. The summed E-state index contributed by atoms with van der Waals surface area (Å²) in [5.74, 6) is 0.0476. The molecule has 0 radical (unpaired) electrons. The molecule has 0 saturated carbocycles. The van der Waals surface area contributed by atoms with E-state index in [0.29, 0.717) is 6.54 Å². The van der Waals surface area contributed by atoms with Gasteiger partial charge in [-0.25, -0.2) is 4.98 Å². The van der Waals surface area contributed by atoms with E-state index < -0.39 is 0 Å². The van der Waals surface area contributed by atoms with Crippen LogP contribution in [0, 0.1) is 6.92 Å². The quantitative estimate of drug-likeness (QED) is 0.636. The topological polar surface area (TPSA) is 48.5 Å². The molecular formula is C24H28N4OS. The largest absolute Gasteiger partial charge is 0.342 e. The minimum Gasteiger partial charge on any atom is -0.342 e. The Labute approximate surface area is 182 Å². The number of carbonyl (C=O) groups is 1. The molecule has 1 amide bonds. The molecule has 156 valence electrons. The van der Waals surface area contributed by atoms with Gasteiger partial charge in [0.2, 0.25) is 5.91 Å². The molecule has 3 aromatic rings. The van der Waals surface area contributed by atoms with Gasteiger partial charge in [0.05, 0.1) is 6.54 Å². The summed E-state index contributed by atoms with van der Waals surface area (Å²) in [7, 11) is 0. The van der Waals surface area contributed by atoms with Gasteiger partial charge in [0.15, 0.2) is 0 Å². The van der Waals surface area contributed by atoms with E-state index in [1.807, 2.05) is 35.7 Å². The fourth-order valence-electron chi connectivity index (χ4n) is 3.85. The van der Waals surface area contributed by atoms with Crippen LogP contribution in [0.1, 0.15) is 27.7 Å². The zero-order chi connectivity index (χ0) is 20.8. The van der Waals surface area contributed by atoms with Gasteiger partial charge in [0, 0.05) is 44.3 Å². The number of carbonyl (C=O) groups excluding carboxylic acids is 1. The first-order valence-electron chi connectivity index (χ1n) is 10.4. The maximum Gasteiger partial charge on any atom is 0.235 e. The zero-order valence-electron chi connectivity index (χ0n) is 17.3. The van der Waals surface area contributed by atoms with Gasteiger partial charge in [-0.15, -0.1) is 11.3 Å². The average Bonchev–Trinajstić information content (AvgIpc) is 3.30. The van der Waals surface area contributed by atoms with Crippen molar-refractivity contribution in [2.75, 3.05) is 32.7 Å². The smallest absolute Gasteiger partial charge is 0.235 e. The van der Waals surface area contributed by atoms with Crippen molar-refractivity contribution in [3.05, 3.63) is 87.9 Å². The molecule has 6 heteroatoms. The van der Waals surface area contributed by atoms with Crippen LogP contribution in [-0.4, -0.2) is 53.4 Å². The number of hydrogen-bond acceptors (Lipinski definition) is 5. The van der Waals surface area contributed by atoms with Gasteiger partial charge < -0.3 is 5.32 Å². The maximum atomic E-state index is 12.8. The number of rotatable bonds is 7. The highest BCUT2D eigenvalue weighted by molar-refractivity contribution is 7.09. The van der Waals surface area contributed by atoms with Gasteiger partial charge >= 0.3 is 0 Å². The lowest BCUT2D eigenvalue weighted by Crippen LogP contribution is -2.49. The van der Waals surface area contributed by atoms with Crippen molar-refractivity contribution in [1.29, 1.82) is 0 Å². The molecule has 0 aliphatic carbocycles. The van der Waals surface area contributed by atoms with Gasteiger partial charge in [-0.2, -0.15) is 0 Å². The lowest BCUT2D eigenvalue weighted by atomic mass is 10.1. The molecule has 1 aliphatic rings. The second-order valence-electron chi connectivity index (χ2n) is 7.76. The molecular weight excluding hydrogens is 392 g/mol. The summed E-state index contributed by atoms with van der Waals surface area (Å²) in [6, 6.07) is 18.4. The predicted octanol–water partition coefficient (Wildman–Crippen LogP) is 3.47. The summed E-state index contributed by atoms with van der Waals surface area (Å²) in [5.41, 5.74) is 3.79. The second kappa shape index (κ2) is 9.98. The van der Waals surface area contributed by atoms with Crippen LogP contribution in [-0.2, 0) is 11.3 Å². The minimum atomic E-state index is -0.193. The lowest BCUT2D eigenvalue weighted by molar-refractivity contribution is -0.123. The monoisotopic (exact) mass is 420 g/mol. The van der Waals surface area contributed by atoms with Crippen molar-refractivity contribution in [3.63, 3.8) is 0 Å². The standard InChI is InChI=1S/C24H28N4OS/c1-19-7-5-6-10-21(19)17-27-12-14-28(15-13-27)18-22(29)26-23(24-25-11-16-30-24)20-8-3-2-4-9-20/h2-11,16,23H,12-15,17-18H2,1H3,(H,26,29). The Bertz CT molecular complexity index is 937. The molecule has 2 aromatic carbocycles. The van der Waals surface area contributed by atoms with Gasteiger partial charge in [-0.3, -0.25) is 14.6 Å². The van der Waals surface area contributed by atoms with Crippen LogP contribution in [0.2, 0.25) is 0 Å². The van der Waals surface area contributed by atoms with E-state index in [4.69, 9.17) is 0 Å². The fourth-order valence-corrected chi connectivity index (χ4v) is 4.57. The van der Waals surface area contributed by atoms with E-state index in [1.54, 1.807) is 17.5 Å². The summed E-state index contributed by atoms with van der Waals surface area (Å²) < 4.78 is 0. The van der Waals surface area contributed by atoms with E-state index in [9.17, 15) is 4.79 Å². The van der Waals surface area contributed by atoms with Crippen LogP contribution in [0.4, 0.5) is 0 Å². The molecule has 0 spiro atoms. The van der Waals surface area contributed by atoms with Crippen LogP contribution in [0.15, 0.2) is 66.2 Å². The van der Waals surface area contributed by atoms with Crippen LogP contribution >= 0.6 is 11.3 Å². The Balaban J connectivity index is 1.30. The highest BCUT2D eigenvalue weighted by atomic mass is 32.1. The number of hydrogen-bond donors (Lipinski definition) is 1. The Morgan fingerprint density at radius 3 is 2.43 bits per heavy atom. The molecule has 1 saturated heterocycles. The summed E-state index contributed by atoms with van der Waals surface area (Å²) in [5, 5.41) is 6.06. The number of benzene rings is 2. The van der Waals surface area contributed by atoms with Gasteiger partial charge in [-0.1, -0.05) is 54.6 Å². The van der Waals surface area contributed by atoms with Crippen molar-refractivity contribution in [1.82, 2.24) is 20.1 Å². The predicted molar refractivity (Wildman–Crippen MR) is 121 cm³/mol. The van der Waals surface area contributed by atoms with Crippen molar-refractivity contribution >= 4 is 17.2 Å². The van der Waals surface area contributed by atoms with Crippen molar-refractivity contribution in [3.8, 4) is 0 Å². The Hall–Kier alpha value is -2.54. The molecule has 1 aliphatic heterocycles. The number of piperazine rings is 1. The number of amides is 1. The maximum absolute atomic E-state index is 12.8. The highest BCUT2D eigenvalue weighted by Gasteiger charge is 2.23. The van der Waals surface area contributed by atoms with Crippen molar-refractivity contribution in [2.24, 2.45) is 0 Å². The molecule has 1 atom stereocenters. The molecule has 30 heavy (non-hydrogen) atoms. The van der Waals surface area contributed by atoms with Crippen LogP contribution in [0.3, 0.4) is 0 Å². The molecule has 0 bridgehead atoms. The van der Waals surface area contributed by atoms with Crippen molar-refractivity contribution in [2.45, 2.75) is 19.5 Å². The Kier molecular flexibility index (Phi) is 6.89. The number of thiazole rings is 1. The summed E-state index contributed by atoms with van der Waals surface area (Å²) >= 11 is 1.57. The summed E-state index contributed by atoms with van der Waals surface area (Å²) in [4.78, 5) is 22.0. The number of nitrogens with zero attached hydrogens (tertiary/aromatic N) is 3. The molecule has 1 fully saturated rings. The van der Waals surface area contributed by atoms with Crippen molar-refractivity contribution < 1.29 is 4.79 Å². The van der Waals surface area contributed by atoms with E-state index in [1.165, 1.54) is 11.1 Å². The molecule has 5 nitrogen and oxygen atoms in total. The second-order valence-corrected chi connectivity index (χ2v) is 8.69. The third kappa shape index (κ3) is 5.33. The summed E-state index contributed by atoms with van der Waals surface area (Å²) in [6.45, 7) is 7.35. The van der Waals surface area contributed by atoms with E-state index in [2.05, 4.69) is 51.3 Å². The van der Waals surface area contributed by atoms with Gasteiger partial charge in [-0.05, 0) is 23.6 Å². The normalized spacial score (nSPS) is 16.3. The fraction of sp³-hybridized carbons (Fsp3) is 0.333. The third-order valence-corrected chi connectivity index (χ3v) is 6.46. The first-order chi connectivity index (χ1) is 14.7. The number of aromatic nitrogens is 1. The lowest BCUT2D eigenvalue weighted by Gasteiger charge is -2.34. The van der Waals surface area contributed by atoms with E-state index >= 15 is 0 Å². The van der Waals surface area contributed by atoms with Gasteiger partial charge in [0.25, 0.3) is 0 Å².